The molecule has 0 saturated carbocycles. The Morgan fingerprint density at radius 2 is 1.79 bits per heavy atom. The Hall–Kier alpha value is -2.54. The number of carbonyl (C=O) groups excluding carboxylic acids is 1. The quantitative estimate of drug-likeness (QED) is 0.643. The first kappa shape index (κ1) is 23.6. The third-order valence-corrected chi connectivity index (χ3v) is 7.60. The lowest BCUT2D eigenvalue weighted by atomic mass is 10.2. The van der Waals surface area contributed by atoms with Gasteiger partial charge in [0, 0.05) is 11.8 Å². The van der Waals surface area contributed by atoms with Crippen LogP contribution in [0.3, 0.4) is 0 Å². The van der Waals surface area contributed by atoms with Crippen molar-refractivity contribution in [2.75, 3.05) is 44.8 Å². The normalized spacial score (nSPS) is 17.2. The molecule has 8 nitrogen and oxygen atoms in total. The maximum absolute atomic E-state index is 13.1. The van der Waals surface area contributed by atoms with Gasteiger partial charge >= 0.3 is 6.18 Å². The summed E-state index contributed by atoms with van der Waals surface area (Å²) in [6.07, 6.45) is -4.77. The van der Waals surface area contributed by atoms with Gasteiger partial charge in [-0.15, -0.1) is 0 Å². The van der Waals surface area contributed by atoms with E-state index in [-0.39, 0.29) is 32.3 Å². The van der Waals surface area contributed by atoms with Crippen molar-refractivity contribution in [1.82, 2.24) is 4.31 Å². The molecule has 0 atom stereocenters. The van der Waals surface area contributed by atoms with Gasteiger partial charge in [0.1, 0.15) is 0 Å². The van der Waals surface area contributed by atoms with Gasteiger partial charge in [0.2, 0.25) is 16.8 Å². The van der Waals surface area contributed by atoms with Gasteiger partial charge in [-0.2, -0.15) is 17.5 Å². The number of nitrogens with one attached hydrogen (secondary N) is 2. The number of ether oxygens (including phenoxy) is 2. The number of nitrogens with zero attached hydrogens (tertiary/aromatic N) is 1. The van der Waals surface area contributed by atoms with Crippen molar-refractivity contribution in [2.24, 2.45) is 0 Å². The van der Waals surface area contributed by atoms with Crippen LogP contribution in [0.4, 0.5) is 18.9 Å². The van der Waals surface area contributed by atoms with Gasteiger partial charge < -0.3 is 19.7 Å². The number of piperazine rings is 1. The summed E-state index contributed by atoms with van der Waals surface area (Å²) in [4.78, 5) is 12.8. The second kappa shape index (κ2) is 9.01. The monoisotopic (exact) mass is 506 g/mol. The first-order valence-corrected chi connectivity index (χ1v) is 11.8. The van der Waals surface area contributed by atoms with Crippen LogP contribution in [0.1, 0.15) is 5.56 Å². The minimum atomic E-state index is -4.77. The maximum Gasteiger partial charge on any atom is 0.417 e. The molecule has 2 heterocycles. The summed E-state index contributed by atoms with van der Waals surface area (Å²) in [5.41, 5.74) is -0.650. The molecular formula is C20H20ClF3N3O5S+. The molecule has 13 heteroatoms. The third kappa shape index (κ3) is 5.18. The van der Waals surface area contributed by atoms with Crippen molar-refractivity contribution in [2.45, 2.75) is 11.1 Å². The van der Waals surface area contributed by atoms with Crippen LogP contribution in [0.25, 0.3) is 0 Å². The first-order valence-electron chi connectivity index (χ1n) is 9.94. The largest absolute Gasteiger partial charge is 0.454 e. The molecule has 2 aliphatic rings. The summed E-state index contributed by atoms with van der Waals surface area (Å²) in [5.74, 6) is 0.876. The predicted octanol–water partition coefficient (Wildman–Crippen LogP) is 1.62. The number of fused-ring (bicyclic) bond motifs is 1. The molecule has 2 N–H and O–H groups in total. The van der Waals surface area contributed by atoms with Crippen molar-refractivity contribution < 1.29 is 40.8 Å². The highest BCUT2D eigenvalue weighted by atomic mass is 35.5. The Morgan fingerprint density at radius 3 is 2.48 bits per heavy atom. The lowest BCUT2D eigenvalue weighted by Gasteiger charge is -2.31. The smallest absolute Gasteiger partial charge is 0.417 e. The fourth-order valence-corrected chi connectivity index (χ4v) is 5.35. The number of amides is 1. The summed E-state index contributed by atoms with van der Waals surface area (Å²) in [5, 5.41) is 2.20. The number of halogens is 4. The number of quaternary nitrogens is 1. The van der Waals surface area contributed by atoms with Gasteiger partial charge in [0.15, 0.2) is 18.0 Å². The van der Waals surface area contributed by atoms with E-state index in [1.807, 2.05) is 0 Å². The standard InChI is InChI=1S/C20H19ClF3N3O5S/c21-16-3-2-14(10-15(16)20(22,23)24)33(29,30)27-7-5-26(6-8-27)11-19(28)25-13-1-4-17-18(9-13)32-12-31-17/h1-4,9-10H,5-8,11-12H2,(H,25,28)/p+1. The van der Waals surface area contributed by atoms with E-state index in [1.165, 1.54) is 0 Å². The molecule has 0 aromatic heterocycles. The number of alkyl halides is 3. The van der Waals surface area contributed by atoms with Crippen molar-refractivity contribution in [3.63, 3.8) is 0 Å². The zero-order valence-electron chi connectivity index (χ0n) is 17.1. The van der Waals surface area contributed by atoms with Crippen LogP contribution in [0.2, 0.25) is 5.02 Å². The molecule has 0 spiro atoms. The van der Waals surface area contributed by atoms with E-state index in [0.29, 0.717) is 36.3 Å². The van der Waals surface area contributed by atoms with E-state index >= 15 is 0 Å². The van der Waals surface area contributed by atoms with Crippen LogP contribution in [0, 0.1) is 0 Å². The summed E-state index contributed by atoms with van der Waals surface area (Å²) in [6.45, 7) is 1.03. The molecule has 1 amide bonds. The first-order chi connectivity index (χ1) is 15.5. The molecule has 1 fully saturated rings. The number of hydrogen-bond acceptors (Lipinski definition) is 5. The molecular weight excluding hydrogens is 487 g/mol. The van der Waals surface area contributed by atoms with Gasteiger partial charge in [-0.25, -0.2) is 8.42 Å². The molecule has 0 unspecified atom stereocenters. The number of rotatable bonds is 5. The second-order valence-electron chi connectivity index (χ2n) is 7.59. The molecule has 2 aliphatic heterocycles. The third-order valence-electron chi connectivity index (χ3n) is 5.38. The Bertz CT molecular complexity index is 1170. The van der Waals surface area contributed by atoms with Crippen LogP contribution >= 0.6 is 11.6 Å². The molecule has 0 radical (unpaired) electrons. The second-order valence-corrected chi connectivity index (χ2v) is 9.93. The summed E-state index contributed by atoms with van der Waals surface area (Å²) in [6, 6.07) is 7.57. The summed E-state index contributed by atoms with van der Waals surface area (Å²) >= 11 is 5.59. The van der Waals surface area contributed by atoms with E-state index in [0.717, 1.165) is 21.3 Å². The average molecular weight is 507 g/mol. The number of carbonyl (C=O) groups is 1. The van der Waals surface area contributed by atoms with Gasteiger partial charge in [-0.1, -0.05) is 11.6 Å². The van der Waals surface area contributed by atoms with Crippen LogP contribution in [-0.4, -0.2) is 58.1 Å². The summed E-state index contributed by atoms with van der Waals surface area (Å²) < 4.78 is 76.6. The predicted molar refractivity (Wildman–Crippen MR) is 112 cm³/mol. The van der Waals surface area contributed by atoms with E-state index in [1.54, 1.807) is 18.2 Å². The average Bonchev–Trinajstić information content (AvgIpc) is 3.21. The van der Waals surface area contributed by atoms with Gasteiger partial charge in [-0.05, 0) is 30.3 Å². The Kier molecular flexibility index (Phi) is 6.45. The fourth-order valence-electron chi connectivity index (χ4n) is 3.66. The lowest BCUT2D eigenvalue weighted by molar-refractivity contribution is -0.895. The zero-order valence-corrected chi connectivity index (χ0v) is 18.7. The number of sulfonamides is 1. The Balaban J connectivity index is 1.35. The fraction of sp³-hybridized carbons (Fsp3) is 0.350. The Morgan fingerprint density at radius 1 is 1.09 bits per heavy atom. The molecule has 4 rings (SSSR count). The molecule has 1 saturated heterocycles. The Labute approximate surface area is 192 Å². The van der Waals surface area contributed by atoms with Crippen LogP contribution in [-0.2, 0) is 21.0 Å². The van der Waals surface area contributed by atoms with Crippen molar-refractivity contribution >= 4 is 33.2 Å². The van der Waals surface area contributed by atoms with Gasteiger partial charge in [0.25, 0.3) is 5.91 Å². The van der Waals surface area contributed by atoms with Crippen LogP contribution in [0.5, 0.6) is 11.5 Å². The molecule has 0 aliphatic carbocycles. The minimum absolute atomic E-state index is 0.0684. The lowest BCUT2D eigenvalue weighted by Crippen LogP contribution is -3.15. The molecule has 2 aromatic carbocycles. The van der Waals surface area contributed by atoms with E-state index in [9.17, 15) is 26.4 Å². The van der Waals surface area contributed by atoms with Crippen molar-refractivity contribution in [1.29, 1.82) is 0 Å². The van der Waals surface area contributed by atoms with E-state index in [4.69, 9.17) is 21.1 Å². The highest BCUT2D eigenvalue weighted by Crippen LogP contribution is 2.36. The number of hydrogen-bond donors (Lipinski definition) is 2. The summed E-state index contributed by atoms with van der Waals surface area (Å²) in [7, 11) is -4.13. The number of anilines is 1. The topological polar surface area (TPSA) is 89.4 Å². The minimum Gasteiger partial charge on any atom is -0.454 e. The van der Waals surface area contributed by atoms with Crippen LogP contribution in [0.15, 0.2) is 41.3 Å². The number of benzene rings is 2. The molecule has 33 heavy (non-hydrogen) atoms. The highest BCUT2D eigenvalue weighted by molar-refractivity contribution is 7.89. The van der Waals surface area contributed by atoms with Crippen LogP contribution < -0.4 is 19.7 Å². The SMILES string of the molecule is O=C(C[NH+]1CCN(S(=O)(=O)c2ccc(Cl)c(C(F)(F)F)c2)CC1)Nc1ccc2c(c1)OCO2. The maximum atomic E-state index is 13.1. The molecule has 2 aromatic rings. The molecule has 178 valence electrons. The zero-order chi connectivity index (χ0) is 23.8. The highest BCUT2D eigenvalue weighted by Gasteiger charge is 2.36. The van der Waals surface area contributed by atoms with Gasteiger partial charge in [0.05, 0.1) is 41.7 Å². The van der Waals surface area contributed by atoms with E-state index in [2.05, 4.69) is 5.32 Å². The van der Waals surface area contributed by atoms with E-state index < -0.39 is 31.7 Å². The van der Waals surface area contributed by atoms with Crippen molar-refractivity contribution in [3.8, 4) is 11.5 Å². The van der Waals surface area contributed by atoms with Gasteiger partial charge in [-0.3, -0.25) is 4.79 Å². The van der Waals surface area contributed by atoms with Crippen molar-refractivity contribution in [3.05, 3.63) is 47.0 Å². The molecule has 0 bridgehead atoms.